The molecule has 1 heterocycles. The maximum Gasteiger partial charge on any atom is 0.249 e. The molecule has 1 aromatic carbocycles. The van der Waals surface area contributed by atoms with Gasteiger partial charge in [-0.15, -0.1) is 5.10 Å². The van der Waals surface area contributed by atoms with E-state index in [2.05, 4.69) is 30.7 Å². The van der Waals surface area contributed by atoms with Crippen LogP contribution in [0.25, 0.3) is 0 Å². The summed E-state index contributed by atoms with van der Waals surface area (Å²) in [5.41, 5.74) is 0.747. The highest BCUT2D eigenvalue weighted by Crippen LogP contribution is 2.26. The molecule has 2 aromatic rings. The molecule has 112 valence electrons. The molecule has 0 saturated heterocycles. The summed E-state index contributed by atoms with van der Waals surface area (Å²) in [6, 6.07) is 5.21. The smallest absolute Gasteiger partial charge is 0.249 e. The fraction of sp³-hybridized carbons (Fsp3) is 0.308. The first-order valence-corrected chi connectivity index (χ1v) is 7.10. The van der Waals surface area contributed by atoms with Gasteiger partial charge in [0, 0.05) is 18.8 Å². The van der Waals surface area contributed by atoms with Gasteiger partial charge < -0.3 is 15.5 Å². The Morgan fingerprint density at radius 2 is 2.00 bits per heavy atom. The number of rotatable bonds is 6. The number of anilines is 3. The second kappa shape index (κ2) is 7.40. The van der Waals surface area contributed by atoms with Crippen LogP contribution < -0.4 is 10.6 Å². The number of nitrogens with zero attached hydrogens (tertiary/aromatic N) is 4. The molecule has 0 fully saturated rings. The molecule has 6 nitrogen and oxygen atoms in total. The standard InChI is InChI=1S/C13H16Cl2N6/c1-21(2)6-5-16-12-8-17-20-13(19-12)18-9-3-4-10(14)11(15)7-9/h3-4,7-8H,5-6H2,1-2H3,(H2,16,18,19,20). The SMILES string of the molecule is CN(C)CCNc1cnnc(Nc2ccc(Cl)c(Cl)c2)n1. The summed E-state index contributed by atoms with van der Waals surface area (Å²) in [4.78, 5) is 6.41. The highest BCUT2D eigenvalue weighted by molar-refractivity contribution is 6.42. The molecule has 8 heteroatoms. The molecule has 2 rings (SSSR count). The Balaban J connectivity index is 2.01. The summed E-state index contributed by atoms with van der Waals surface area (Å²) >= 11 is 11.8. The molecule has 2 N–H and O–H groups in total. The second-order valence-electron chi connectivity index (χ2n) is 4.65. The first kappa shape index (κ1) is 15.8. The average Bonchev–Trinajstić information content (AvgIpc) is 2.43. The molecule has 0 bridgehead atoms. The Labute approximate surface area is 133 Å². The highest BCUT2D eigenvalue weighted by atomic mass is 35.5. The van der Waals surface area contributed by atoms with Crippen LogP contribution in [-0.2, 0) is 0 Å². The predicted octanol–water partition coefficient (Wildman–Crippen LogP) is 2.90. The summed E-state index contributed by atoms with van der Waals surface area (Å²) in [6.07, 6.45) is 1.58. The Bertz CT molecular complexity index is 605. The molecular formula is C13H16Cl2N6. The van der Waals surface area contributed by atoms with Crippen LogP contribution in [0.3, 0.4) is 0 Å². The zero-order valence-corrected chi connectivity index (χ0v) is 13.3. The van der Waals surface area contributed by atoms with E-state index in [0.717, 1.165) is 18.8 Å². The molecule has 0 saturated carbocycles. The number of nitrogens with one attached hydrogen (secondary N) is 2. The van der Waals surface area contributed by atoms with Crippen molar-refractivity contribution in [1.82, 2.24) is 20.1 Å². The average molecular weight is 327 g/mol. The zero-order chi connectivity index (χ0) is 15.2. The van der Waals surface area contributed by atoms with Crippen molar-refractivity contribution < 1.29 is 0 Å². The van der Waals surface area contributed by atoms with E-state index in [1.54, 1.807) is 24.4 Å². The zero-order valence-electron chi connectivity index (χ0n) is 11.8. The van der Waals surface area contributed by atoms with E-state index in [4.69, 9.17) is 23.2 Å². The molecule has 0 aliphatic rings. The third kappa shape index (κ3) is 5.00. The second-order valence-corrected chi connectivity index (χ2v) is 5.46. The molecule has 0 aliphatic carbocycles. The van der Waals surface area contributed by atoms with Crippen LogP contribution in [0.1, 0.15) is 0 Å². The normalized spacial score (nSPS) is 10.7. The highest BCUT2D eigenvalue weighted by Gasteiger charge is 2.03. The van der Waals surface area contributed by atoms with Crippen molar-refractivity contribution >= 4 is 40.7 Å². The minimum absolute atomic E-state index is 0.392. The van der Waals surface area contributed by atoms with Crippen molar-refractivity contribution in [1.29, 1.82) is 0 Å². The number of likely N-dealkylation sites (N-methyl/N-ethyl adjacent to an activating group) is 1. The van der Waals surface area contributed by atoms with Crippen molar-refractivity contribution in [2.45, 2.75) is 0 Å². The van der Waals surface area contributed by atoms with E-state index in [1.807, 2.05) is 14.1 Å². The minimum Gasteiger partial charge on any atom is -0.367 e. The fourth-order valence-corrected chi connectivity index (χ4v) is 1.85. The Morgan fingerprint density at radius 1 is 1.19 bits per heavy atom. The van der Waals surface area contributed by atoms with Gasteiger partial charge in [0.05, 0.1) is 16.2 Å². The van der Waals surface area contributed by atoms with Gasteiger partial charge in [-0.05, 0) is 32.3 Å². The summed E-state index contributed by atoms with van der Waals surface area (Å²) in [7, 11) is 4.02. The van der Waals surface area contributed by atoms with E-state index in [9.17, 15) is 0 Å². The molecule has 21 heavy (non-hydrogen) atoms. The quantitative estimate of drug-likeness (QED) is 0.850. The van der Waals surface area contributed by atoms with Crippen molar-refractivity contribution in [3.8, 4) is 0 Å². The van der Waals surface area contributed by atoms with E-state index in [-0.39, 0.29) is 0 Å². The summed E-state index contributed by atoms with van der Waals surface area (Å²) in [5, 5.41) is 15.0. The Morgan fingerprint density at radius 3 is 2.71 bits per heavy atom. The van der Waals surface area contributed by atoms with Crippen LogP contribution >= 0.6 is 23.2 Å². The minimum atomic E-state index is 0.392. The van der Waals surface area contributed by atoms with Crippen molar-refractivity contribution in [3.63, 3.8) is 0 Å². The van der Waals surface area contributed by atoms with E-state index in [1.165, 1.54) is 0 Å². The fourth-order valence-electron chi connectivity index (χ4n) is 1.55. The van der Waals surface area contributed by atoms with E-state index in [0.29, 0.717) is 21.8 Å². The van der Waals surface area contributed by atoms with Crippen molar-refractivity contribution in [2.75, 3.05) is 37.8 Å². The maximum absolute atomic E-state index is 5.96. The lowest BCUT2D eigenvalue weighted by Gasteiger charge is -2.11. The molecule has 1 aromatic heterocycles. The molecule has 0 spiro atoms. The van der Waals surface area contributed by atoms with Crippen LogP contribution in [0.4, 0.5) is 17.5 Å². The van der Waals surface area contributed by atoms with Crippen LogP contribution in [0.15, 0.2) is 24.4 Å². The lowest BCUT2D eigenvalue weighted by Crippen LogP contribution is -2.21. The first-order valence-electron chi connectivity index (χ1n) is 6.35. The third-order valence-corrected chi connectivity index (χ3v) is 3.34. The number of hydrogen-bond donors (Lipinski definition) is 2. The van der Waals surface area contributed by atoms with Gasteiger partial charge in [-0.3, -0.25) is 0 Å². The number of halogens is 2. The van der Waals surface area contributed by atoms with Gasteiger partial charge in [0.1, 0.15) is 0 Å². The molecule has 0 unspecified atom stereocenters. The molecule has 0 radical (unpaired) electrons. The molecule has 0 aliphatic heterocycles. The number of aromatic nitrogens is 3. The lowest BCUT2D eigenvalue weighted by molar-refractivity contribution is 0.425. The van der Waals surface area contributed by atoms with Crippen LogP contribution in [0.2, 0.25) is 10.0 Å². The largest absolute Gasteiger partial charge is 0.367 e. The van der Waals surface area contributed by atoms with Gasteiger partial charge in [0.2, 0.25) is 5.95 Å². The number of hydrogen-bond acceptors (Lipinski definition) is 6. The van der Waals surface area contributed by atoms with Crippen molar-refractivity contribution in [2.24, 2.45) is 0 Å². The van der Waals surface area contributed by atoms with Crippen LogP contribution in [0.5, 0.6) is 0 Å². The third-order valence-electron chi connectivity index (χ3n) is 2.60. The van der Waals surface area contributed by atoms with E-state index >= 15 is 0 Å². The number of benzene rings is 1. The molecular weight excluding hydrogens is 311 g/mol. The van der Waals surface area contributed by atoms with Gasteiger partial charge >= 0.3 is 0 Å². The van der Waals surface area contributed by atoms with Crippen molar-refractivity contribution in [3.05, 3.63) is 34.4 Å². The molecule has 0 amide bonds. The van der Waals surface area contributed by atoms with Gasteiger partial charge in [0.25, 0.3) is 0 Å². The van der Waals surface area contributed by atoms with Crippen LogP contribution in [-0.4, -0.2) is 47.3 Å². The summed E-state index contributed by atoms with van der Waals surface area (Å²) in [5.74, 6) is 1.05. The predicted molar refractivity (Wildman–Crippen MR) is 86.6 cm³/mol. The monoisotopic (exact) mass is 326 g/mol. The van der Waals surface area contributed by atoms with Crippen LogP contribution in [0, 0.1) is 0 Å². The summed E-state index contributed by atoms with van der Waals surface area (Å²) in [6.45, 7) is 1.68. The topological polar surface area (TPSA) is 66.0 Å². The Kier molecular flexibility index (Phi) is 5.55. The Hall–Kier alpha value is -1.63. The molecule has 0 atom stereocenters. The van der Waals surface area contributed by atoms with Gasteiger partial charge in [-0.1, -0.05) is 23.2 Å². The van der Waals surface area contributed by atoms with E-state index < -0.39 is 0 Å². The maximum atomic E-state index is 5.96. The van der Waals surface area contributed by atoms with Gasteiger partial charge in [0.15, 0.2) is 5.82 Å². The summed E-state index contributed by atoms with van der Waals surface area (Å²) < 4.78 is 0. The lowest BCUT2D eigenvalue weighted by atomic mass is 10.3. The van der Waals surface area contributed by atoms with Gasteiger partial charge in [-0.2, -0.15) is 10.1 Å². The first-order chi connectivity index (χ1) is 10.0. The van der Waals surface area contributed by atoms with Gasteiger partial charge in [-0.25, -0.2) is 0 Å².